The van der Waals surface area contributed by atoms with Crippen LogP contribution in [0.4, 0.5) is 5.82 Å². The van der Waals surface area contributed by atoms with Gasteiger partial charge in [0.15, 0.2) is 5.82 Å². The molecule has 1 N–H and O–H groups in total. The Kier molecular flexibility index (Phi) is 4.37. The summed E-state index contributed by atoms with van der Waals surface area (Å²) in [6.07, 6.45) is 1.43. The summed E-state index contributed by atoms with van der Waals surface area (Å²) in [5, 5.41) is 0. The SMILES string of the molecule is CC(C)N(Cc1ccccc1)c1nc[nH]c(=O)c1Br. The molecule has 0 saturated heterocycles. The fourth-order valence-corrected chi connectivity index (χ4v) is 2.30. The monoisotopic (exact) mass is 321 g/mol. The predicted molar refractivity (Wildman–Crippen MR) is 80.3 cm³/mol. The normalized spacial score (nSPS) is 10.7. The first kappa shape index (κ1) is 13.8. The third-order valence-corrected chi connectivity index (χ3v) is 3.58. The van der Waals surface area contributed by atoms with Crippen molar-refractivity contribution in [2.75, 3.05) is 4.90 Å². The molecule has 100 valence electrons. The zero-order valence-corrected chi connectivity index (χ0v) is 12.5. The summed E-state index contributed by atoms with van der Waals surface area (Å²) in [6, 6.07) is 10.4. The third-order valence-electron chi connectivity index (χ3n) is 2.87. The lowest BCUT2D eigenvalue weighted by Gasteiger charge is -2.28. The molecule has 0 amide bonds. The zero-order valence-electron chi connectivity index (χ0n) is 10.9. The summed E-state index contributed by atoms with van der Waals surface area (Å²) in [5.41, 5.74) is 1.02. The Morgan fingerprint density at radius 2 is 2.00 bits per heavy atom. The first-order valence-corrected chi connectivity index (χ1v) is 6.92. The molecule has 0 radical (unpaired) electrons. The van der Waals surface area contributed by atoms with Gasteiger partial charge in [-0.05, 0) is 35.3 Å². The van der Waals surface area contributed by atoms with Crippen molar-refractivity contribution < 1.29 is 0 Å². The van der Waals surface area contributed by atoms with Gasteiger partial charge < -0.3 is 9.88 Å². The molecule has 0 aliphatic carbocycles. The highest BCUT2D eigenvalue weighted by atomic mass is 79.9. The van der Waals surface area contributed by atoms with Crippen molar-refractivity contribution in [2.45, 2.75) is 26.4 Å². The highest BCUT2D eigenvalue weighted by Gasteiger charge is 2.17. The van der Waals surface area contributed by atoms with Crippen LogP contribution in [0.15, 0.2) is 45.9 Å². The molecule has 0 spiro atoms. The van der Waals surface area contributed by atoms with Gasteiger partial charge in [-0.1, -0.05) is 30.3 Å². The van der Waals surface area contributed by atoms with E-state index in [4.69, 9.17) is 0 Å². The van der Waals surface area contributed by atoms with Gasteiger partial charge in [-0.25, -0.2) is 4.98 Å². The number of benzene rings is 1. The van der Waals surface area contributed by atoms with Crippen LogP contribution in [0, 0.1) is 0 Å². The maximum atomic E-state index is 11.7. The van der Waals surface area contributed by atoms with Gasteiger partial charge in [-0.3, -0.25) is 4.79 Å². The number of H-pyrrole nitrogens is 1. The van der Waals surface area contributed by atoms with E-state index >= 15 is 0 Å². The van der Waals surface area contributed by atoms with E-state index < -0.39 is 0 Å². The Bertz CT molecular complexity index is 595. The van der Waals surface area contributed by atoms with Gasteiger partial charge in [0, 0.05) is 12.6 Å². The zero-order chi connectivity index (χ0) is 13.8. The molecule has 1 heterocycles. The highest BCUT2D eigenvalue weighted by molar-refractivity contribution is 9.10. The minimum atomic E-state index is -0.163. The number of halogens is 1. The molecule has 0 saturated carbocycles. The molecule has 0 fully saturated rings. The van der Waals surface area contributed by atoms with Crippen molar-refractivity contribution in [1.82, 2.24) is 9.97 Å². The molecule has 1 aromatic carbocycles. The summed E-state index contributed by atoms with van der Waals surface area (Å²) >= 11 is 3.31. The predicted octanol–water partition coefficient (Wildman–Crippen LogP) is 2.95. The van der Waals surface area contributed by atoms with Crippen LogP contribution in [0.25, 0.3) is 0 Å². The molecule has 2 rings (SSSR count). The van der Waals surface area contributed by atoms with E-state index in [9.17, 15) is 4.79 Å². The van der Waals surface area contributed by atoms with Crippen LogP contribution in [-0.4, -0.2) is 16.0 Å². The number of aromatic amines is 1. The molecule has 0 unspecified atom stereocenters. The Balaban J connectivity index is 2.36. The molecular weight excluding hydrogens is 306 g/mol. The molecule has 0 atom stereocenters. The second-order valence-corrected chi connectivity index (χ2v) is 5.37. The van der Waals surface area contributed by atoms with Crippen LogP contribution in [0.3, 0.4) is 0 Å². The maximum Gasteiger partial charge on any atom is 0.267 e. The molecule has 1 aromatic heterocycles. The third kappa shape index (κ3) is 3.23. The molecule has 4 nitrogen and oxygen atoms in total. The lowest BCUT2D eigenvalue weighted by Crippen LogP contribution is -2.32. The van der Waals surface area contributed by atoms with E-state index in [1.807, 2.05) is 18.2 Å². The van der Waals surface area contributed by atoms with Crippen LogP contribution in [-0.2, 0) is 6.54 Å². The lowest BCUT2D eigenvalue weighted by atomic mass is 10.2. The van der Waals surface area contributed by atoms with E-state index in [0.29, 0.717) is 16.8 Å². The van der Waals surface area contributed by atoms with E-state index in [1.54, 1.807) is 0 Å². The quantitative estimate of drug-likeness (QED) is 0.941. The number of hydrogen-bond donors (Lipinski definition) is 1. The second-order valence-electron chi connectivity index (χ2n) is 4.58. The first-order valence-electron chi connectivity index (χ1n) is 6.13. The number of hydrogen-bond acceptors (Lipinski definition) is 3. The van der Waals surface area contributed by atoms with E-state index in [1.165, 1.54) is 11.9 Å². The van der Waals surface area contributed by atoms with Crippen molar-refractivity contribution in [2.24, 2.45) is 0 Å². The number of aromatic nitrogens is 2. The fraction of sp³-hybridized carbons (Fsp3) is 0.286. The van der Waals surface area contributed by atoms with Gasteiger partial charge in [0.2, 0.25) is 0 Å². The van der Waals surface area contributed by atoms with Gasteiger partial charge in [0.1, 0.15) is 4.47 Å². The van der Waals surface area contributed by atoms with Crippen molar-refractivity contribution >= 4 is 21.7 Å². The van der Waals surface area contributed by atoms with E-state index in [-0.39, 0.29) is 11.6 Å². The average molecular weight is 322 g/mol. The standard InChI is InChI=1S/C14H16BrN3O/c1-10(2)18(8-11-6-4-3-5-7-11)13-12(15)14(19)17-9-16-13/h3-7,9-10H,8H2,1-2H3,(H,16,17,19). The summed E-state index contributed by atoms with van der Waals surface area (Å²) in [6.45, 7) is 4.88. The highest BCUT2D eigenvalue weighted by Crippen LogP contribution is 2.23. The molecule has 0 aliphatic rings. The summed E-state index contributed by atoms with van der Waals surface area (Å²) in [7, 11) is 0. The summed E-state index contributed by atoms with van der Waals surface area (Å²) in [4.78, 5) is 20.6. The Labute approximate surface area is 120 Å². The largest absolute Gasteiger partial charge is 0.349 e. The molecule has 2 aromatic rings. The molecular formula is C14H16BrN3O. The number of nitrogens with one attached hydrogen (secondary N) is 1. The van der Waals surface area contributed by atoms with Gasteiger partial charge in [0.25, 0.3) is 5.56 Å². The Morgan fingerprint density at radius 1 is 1.32 bits per heavy atom. The smallest absolute Gasteiger partial charge is 0.267 e. The first-order chi connectivity index (χ1) is 9.09. The minimum absolute atomic E-state index is 0.163. The van der Waals surface area contributed by atoms with Gasteiger partial charge in [-0.15, -0.1) is 0 Å². The number of nitrogens with zero attached hydrogens (tertiary/aromatic N) is 2. The summed E-state index contributed by atoms with van der Waals surface area (Å²) < 4.78 is 0.472. The van der Waals surface area contributed by atoms with Crippen LogP contribution in [0.2, 0.25) is 0 Å². The van der Waals surface area contributed by atoms with Crippen LogP contribution in [0.5, 0.6) is 0 Å². The summed E-state index contributed by atoms with van der Waals surface area (Å²) in [5.74, 6) is 0.669. The second kappa shape index (κ2) is 6.02. The average Bonchev–Trinajstić information content (AvgIpc) is 2.40. The van der Waals surface area contributed by atoms with Gasteiger partial charge in [0.05, 0.1) is 6.33 Å². The van der Waals surface area contributed by atoms with Crippen molar-refractivity contribution in [1.29, 1.82) is 0 Å². The minimum Gasteiger partial charge on any atom is -0.349 e. The van der Waals surface area contributed by atoms with Crippen LogP contribution in [0.1, 0.15) is 19.4 Å². The van der Waals surface area contributed by atoms with Crippen molar-refractivity contribution in [3.8, 4) is 0 Å². The van der Waals surface area contributed by atoms with Crippen LogP contribution < -0.4 is 10.5 Å². The van der Waals surface area contributed by atoms with Crippen LogP contribution >= 0.6 is 15.9 Å². The van der Waals surface area contributed by atoms with E-state index in [2.05, 4.69) is 56.8 Å². The molecule has 19 heavy (non-hydrogen) atoms. The molecule has 0 bridgehead atoms. The topological polar surface area (TPSA) is 49.0 Å². The van der Waals surface area contributed by atoms with E-state index in [0.717, 1.165) is 0 Å². The number of anilines is 1. The lowest BCUT2D eigenvalue weighted by molar-refractivity contribution is 0.668. The van der Waals surface area contributed by atoms with Gasteiger partial charge >= 0.3 is 0 Å². The Morgan fingerprint density at radius 3 is 2.63 bits per heavy atom. The van der Waals surface area contributed by atoms with Gasteiger partial charge in [-0.2, -0.15) is 0 Å². The number of rotatable bonds is 4. The van der Waals surface area contributed by atoms with Crippen molar-refractivity contribution in [3.05, 3.63) is 57.0 Å². The maximum absolute atomic E-state index is 11.7. The molecule has 5 heteroatoms. The Hall–Kier alpha value is -1.62. The van der Waals surface area contributed by atoms with Crippen molar-refractivity contribution in [3.63, 3.8) is 0 Å². The molecule has 0 aliphatic heterocycles. The fourth-order valence-electron chi connectivity index (χ4n) is 1.86.